The lowest BCUT2D eigenvalue weighted by molar-refractivity contribution is -0.131. The third-order valence-electron chi connectivity index (χ3n) is 1.89. The van der Waals surface area contributed by atoms with Crippen LogP contribution in [0.25, 0.3) is 0 Å². The van der Waals surface area contributed by atoms with Gasteiger partial charge in [-0.25, -0.2) is 0 Å². The van der Waals surface area contributed by atoms with Gasteiger partial charge in [0.25, 0.3) is 0 Å². The molecule has 17 heavy (non-hydrogen) atoms. The van der Waals surface area contributed by atoms with Crippen LogP contribution in [0.4, 0.5) is 0 Å². The van der Waals surface area contributed by atoms with E-state index in [9.17, 15) is 14.4 Å². The first-order valence-electron chi connectivity index (χ1n) is 5.89. The van der Waals surface area contributed by atoms with Crippen LogP contribution in [0.15, 0.2) is 0 Å². The van der Waals surface area contributed by atoms with Gasteiger partial charge in [0, 0.05) is 12.5 Å². The number of hydrogen-bond donors (Lipinski definition) is 2. The number of nitrogens with one attached hydrogen (secondary N) is 2. The summed E-state index contributed by atoms with van der Waals surface area (Å²) in [5, 5.41) is 5.05. The van der Waals surface area contributed by atoms with E-state index in [1.165, 1.54) is 0 Å². The topological polar surface area (TPSA) is 75.3 Å². The summed E-state index contributed by atoms with van der Waals surface area (Å²) in [7, 11) is 0. The molecule has 0 radical (unpaired) electrons. The Balaban J connectivity index is 3.80. The highest BCUT2D eigenvalue weighted by Gasteiger charge is 2.11. The molecule has 0 spiro atoms. The van der Waals surface area contributed by atoms with Crippen molar-refractivity contribution in [2.24, 2.45) is 5.92 Å². The number of amides is 2. The number of carbonyl (C=O) groups excluding carboxylic acids is 3. The highest BCUT2D eigenvalue weighted by Crippen LogP contribution is 1.98. The molecule has 0 saturated carbocycles. The average Bonchev–Trinajstić information content (AvgIpc) is 2.12. The molecule has 0 aromatic rings. The third kappa shape index (κ3) is 9.53. The summed E-state index contributed by atoms with van der Waals surface area (Å²) in [6.45, 7) is 7.53. The van der Waals surface area contributed by atoms with Crippen LogP contribution in [-0.4, -0.2) is 30.2 Å². The van der Waals surface area contributed by atoms with Crippen molar-refractivity contribution in [3.8, 4) is 0 Å². The molecule has 0 rings (SSSR count). The molecule has 0 aliphatic rings. The van der Waals surface area contributed by atoms with Gasteiger partial charge in [0.15, 0.2) is 5.78 Å². The monoisotopic (exact) mass is 242 g/mol. The highest BCUT2D eigenvalue weighted by atomic mass is 16.2. The Hall–Kier alpha value is -1.39. The Labute approximate surface area is 102 Å². The van der Waals surface area contributed by atoms with Gasteiger partial charge in [-0.2, -0.15) is 0 Å². The fourth-order valence-corrected chi connectivity index (χ4v) is 1.31. The van der Waals surface area contributed by atoms with Crippen LogP contribution >= 0.6 is 0 Å². The Morgan fingerprint density at radius 3 is 2.06 bits per heavy atom. The Kier molecular flexibility index (Phi) is 7.18. The van der Waals surface area contributed by atoms with Gasteiger partial charge in [0.2, 0.25) is 11.8 Å². The standard InChI is InChI=1S/C12H22N2O3/c1-8(2)5-10(15)7-13-11(16)6-12(17)14-9(3)4/h8-9H,5-7H2,1-4H3,(H,13,16)(H,14,17). The van der Waals surface area contributed by atoms with E-state index in [0.29, 0.717) is 6.42 Å². The summed E-state index contributed by atoms with van der Waals surface area (Å²) in [5.74, 6) is -0.477. The molecule has 0 aliphatic carbocycles. The largest absolute Gasteiger partial charge is 0.353 e. The number of Topliss-reactive ketones (excluding diaryl/α,β-unsaturated/α-hetero) is 1. The van der Waals surface area contributed by atoms with Crippen molar-refractivity contribution in [1.82, 2.24) is 10.6 Å². The van der Waals surface area contributed by atoms with Crippen molar-refractivity contribution < 1.29 is 14.4 Å². The summed E-state index contributed by atoms with van der Waals surface area (Å²) in [6, 6.07) is 0.0119. The smallest absolute Gasteiger partial charge is 0.229 e. The molecule has 2 amide bonds. The van der Waals surface area contributed by atoms with Crippen LogP contribution in [0.3, 0.4) is 0 Å². The summed E-state index contributed by atoms with van der Waals surface area (Å²) in [4.78, 5) is 33.8. The van der Waals surface area contributed by atoms with E-state index >= 15 is 0 Å². The van der Waals surface area contributed by atoms with Crippen molar-refractivity contribution in [3.63, 3.8) is 0 Å². The molecule has 0 aromatic carbocycles. The Morgan fingerprint density at radius 1 is 1.00 bits per heavy atom. The quantitative estimate of drug-likeness (QED) is 0.643. The molecule has 5 nitrogen and oxygen atoms in total. The second-order valence-electron chi connectivity index (χ2n) is 4.81. The van der Waals surface area contributed by atoms with Gasteiger partial charge in [-0.15, -0.1) is 0 Å². The molecule has 0 saturated heterocycles. The van der Waals surface area contributed by atoms with E-state index in [4.69, 9.17) is 0 Å². The SMILES string of the molecule is CC(C)CC(=O)CNC(=O)CC(=O)NC(C)C. The predicted molar refractivity (Wildman–Crippen MR) is 65.4 cm³/mol. The van der Waals surface area contributed by atoms with Crippen molar-refractivity contribution in [2.45, 2.75) is 46.6 Å². The lowest BCUT2D eigenvalue weighted by atomic mass is 10.1. The van der Waals surface area contributed by atoms with Crippen LogP contribution in [0.5, 0.6) is 0 Å². The molecular formula is C12H22N2O3. The zero-order chi connectivity index (χ0) is 13.4. The minimum Gasteiger partial charge on any atom is -0.353 e. The summed E-state index contributed by atoms with van der Waals surface area (Å²) >= 11 is 0. The summed E-state index contributed by atoms with van der Waals surface area (Å²) in [5.41, 5.74) is 0. The van der Waals surface area contributed by atoms with Gasteiger partial charge in [-0.05, 0) is 19.8 Å². The van der Waals surface area contributed by atoms with Gasteiger partial charge >= 0.3 is 0 Å². The Morgan fingerprint density at radius 2 is 1.59 bits per heavy atom. The fourth-order valence-electron chi connectivity index (χ4n) is 1.31. The molecule has 2 N–H and O–H groups in total. The summed E-state index contributed by atoms with van der Waals surface area (Å²) < 4.78 is 0. The van der Waals surface area contributed by atoms with Gasteiger partial charge < -0.3 is 10.6 Å². The molecule has 0 fully saturated rings. The van der Waals surface area contributed by atoms with E-state index < -0.39 is 5.91 Å². The van der Waals surface area contributed by atoms with Crippen molar-refractivity contribution in [3.05, 3.63) is 0 Å². The van der Waals surface area contributed by atoms with Crippen LogP contribution in [0.2, 0.25) is 0 Å². The third-order valence-corrected chi connectivity index (χ3v) is 1.89. The van der Waals surface area contributed by atoms with Gasteiger partial charge in [0.1, 0.15) is 6.42 Å². The van der Waals surface area contributed by atoms with Crippen LogP contribution in [0.1, 0.15) is 40.5 Å². The first-order valence-corrected chi connectivity index (χ1v) is 5.89. The number of carbonyl (C=O) groups is 3. The van der Waals surface area contributed by atoms with E-state index in [2.05, 4.69) is 10.6 Å². The van der Waals surface area contributed by atoms with Gasteiger partial charge in [-0.3, -0.25) is 14.4 Å². The first kappa shape index (κ1) is 15.6. The molecule has 0 atom stereocenters. The second kappa shape index (κ2) is 7.81. The van der Waals surface area contributed by atoms with E-state index in [-0.39, 0.29) is 36.6 Å². The van der Waals surface area contributed by atoms with E-state index in [1.54, 1.807) is 0 Å². The second-order valence-corrected chi connectivity index (χ2v) is 4.81. The highest BCUT2D eigenvalue weighted by molar-refractivity contribution is 5.98. The number of rotatable bonds is 7. The van der Waals surface area contributed by atoms with Crippen LogP contribution in [-0.2, 0) is 14.4 Å². The lowest BCUT2D eigenvalue weighted by Gasteiger charge is -2.09. The minimum absolute atomic E-state index is 0.00592. The summed E-state index contributed by atoms with van der Waals surface area (Å²) in [6.07, 6.45) is 0.214. The molecule has 5 heteroatoms. The Bertz CT molecular complexity index is 285. The molecule has 98 valence electrons. The predicted octanol–water partition coefficient (Wildman–Crippen LogP) is 0.632. The first-order chi connectivity index (χ1) is 7.81. The van der Waals surface area contributed by atoms with E-state index in [0.717, 1.165) is 0 Å². The molecule has 0 unspecified atom stereocenters. The molecular weight excluding hydrogens is 220 g/mol. The zero-order valence-corrected chi connectivity index (χ0v) is 11.0. The normalized spacial score (nSPS) is 10.5. The van der Waals surface area contributed by atoms with Gasteiger partial charge in [-0.1, -0.05) is 13.8 Å². The minimum atomic E-state index is -0.416. The maximum atomic E-state index is 11.3. The molecule has 0 aromatic heterocycles. The number of hydrogen-bond acceptors (Lipinski definition) is 3. The maximum Gasteiger partial charge on any atom is 0.229 e. The van der Waals surface area contributed by atoms with E-state index in [1.807, 2.05) is 27.7 Å². The maximum absolute atomic E-state index is 11.3. The zero-order valence-electron chi connectivity index (χ0n) is 11.0. The molecule has 0 aliphatic heterocycles. The van der Waals surface area contributed by atoms with Crippen molar-refractivity contribution in [1.29, 1.82) is 0 Å². The fraction of sp³-hybridized carbons (Fsp3) is 0.750. The van der Waals surface area contributed by atoms with Crippen LogP contribution in [0, 0.1) is 5.92 Å². The van der Waals surface area contributed by atoms with Crippen molar-refractivity contribution >= 4 is 17.6 Å². The molecule has 0 bridgehead atoms. The van der Waals surface area contributed by atoms with Crippen molar-refractivity contribution in [2.75, 3.05) is 6.54 Å². The lowest BCUT2D eigenvalue weighted by Crippen LogP contribution is -2.37. The van der Waals surface area contributed by atoms with Gasteiger partial charge in [0.05, 0.1) is 6.54 Å². The molecule has 0 heterocycles. The number of ketones is 1. The average molecular weight is 242 g/mol. The van der Waals surface area contributed by atoms with Crippen LogP contribution < -0.4 is 10.6 Å².